The number of amides is 1. The van der Waals surface area contributed by atoms with Gasteiger partial charge in [0.15, 0.2) is 0 Å². The summed E-state index contributed by atoms with van der Waals surface area (Å²) < 4.78 is 0.765. The molecule has 17 heavy (non-hydrogen) atoms. The third-order valence-corrected chi connectivity index (χ3v) is 4.15. The Morgan fingerprint density at radius 1 is 1.71 bits per heavy atom. The molecule has 0 saturated heterocycles. The second kappa shape index (κ2) is 5.50. The molecule has 0 radical (unpaired) electrons. The van der Waals surface area contributed by atoms with Crippen LogP contribution in [0.2, 0.25) is 0 Å². The Hall–Kier alpha value is -1.08. The van der Waals surface area contributed by atoms with Gasteiger partial charge < -0.3 is 16.3 Å². The van der Waals surface area contributed by atoms with Gasteiger partial charge in [-0.3, -0.25) is 4.79 Å². The number of hydrogen-bond donors (Lipinski definition) is 3. The predicted molar refractivity (Wildman–Crippen MR) is 71.5 cm³/mol. The summed E-state index contributed by atoms with van der Waals surface area (Å²) in [5, 5.41) is 16.1. The minimum Gasteiger partial charge on any atom is -0.409 e. The molecule has 0 fully saturated rings. The van der Waals surface area contributed by atoms with Crippen LogP contribution in [0.5, 0.6) is 0 Å². The number of hydrogen-bond acceptors (Lipinski definition) is 4. The minimum absolute atomic E-state index is 0.0862. The first-order valence-corrected chi connectivity index (χ1v) is 6.55. The third-order valence-electron chi connectivity index (χ3n) is 2.32. The van der Waals surface area contributed by atoms with Crippen molar-refractivity contribution < 1.29 is 10.0 Å². The van der Waals surface area contributed by atoms with Crippen LogP contribution < -0.4 is 11.1 Å². The number of nitrogens with two attached hydrogens (primary N) is 1. The third kappa shape index (κ3) is 3.44. The van der Waals surface area contributed by atoms with Crippen molar-refractivity contribution in [2.45, 2.75) is 13.8 Å². The summed E-state index contributed by atoms with van der Waals surface area (Å²) in [4.78, 5) is 12.4. The second-order valence-electron chi connectivity index (χ2n) is 4.15. The molecule has 0 atom stereocenters. The smallest absolute Gasteiger partial charge is 0.262 e. The van der Waals surface area contributed by atoms with Gasteiger partial charge in [0.2, 0.25) is 0 Å². The van der Waals surface area contributed by atoms with E-state index in [9.17, 15) is 4.79 Å². The fourth-order valence-corrected chi connectivity index (χ4v) is 2.53. The number of carbonyl (C=O) groups is 1. The predicted octanol–water partition coefficient (Wildman–Crippen LogP) is 2.01. The Morgan fingerprint density at radius 3 is 2.82 bits per heavy atom. The van der Waals surface area contributed by atoms with E-state index in [4.69, 9.17) is 10.9 Å². The number of rotatable bonds is 4. The maximum Gasteiger partial charge on any atom is 0.262 e. The lowest BCUT2D eigenvalue weighted by Crippen LogP contribution is -2.42. The molecule has 7 heteroatoms. The van der Waals surface area contributed by atoms with Gasteiger partial charge in [-0.15, -0.1) is 11.3 Å². The van der Waals surface area contributed by atoms with Gasteiger partial charge >= 0.3 is 0 Å². The molecule has 0 spiro atoms. The van der Waals surface area contributed by atoms with Gasteiger partial charge in [-0.1, -0.05) is 19.0 Å². The van der Waals surface area contributed by atoms with Crippen molar-refractivity contribution >= 4 is 39.0 Å². The highest BCUT2D eigenvalue weighted by Gasteiger charge is 2.25. The highest BCUT2D eigenvalue weighted by Crippen LogP contribution is 2.22. The summed E-state index contributed by atoms with van der Waals surface area (Å²) >= 11 is 4.64. The van der Waals surface area contributed by atoms with Gasteiger partial charge in [-0.05, 0) is 27.4 Å². The van der Waals surface area contributed by atoms with Crippen LogP contribution >= 0.6 is 27.3 Å². The monoisotopic (exact) mass is 319 g/mol. The molecule has 0 aromatic carbocycles. The molecular weight excluding hydrogens is 306 g/mol. The number of nitrogens with zero attached hydrogens (tertiary/aromatic N) is 1. The van der Waals surface area contributed by atoms with Crippen molar-refractivity contribution in [3.05, 3.63) is 20.8 Å². The molecular formula is C10H14BrN3O2S. The standard InChI is InChI=1S/C10H14BrN3O2S/c1-10(2,9(12)14-16)5-13-8(15)7-6(11)3-4-17-7/h3-4,16H,5H2,1-2H3,(H2,12,14)(H,13,15). The molecule has 0 aliphatic carbocycles. The van der Waals surface area contributed by atoms with E-state index in [1.54, 1.807) is 13.8 Å². The van der Waals surface area contributed by atoms with Crippen LogP contribution in [-0.4, -0.2) is 23.5 Å². The van der Waals surface area contributed by atoms with Gasteiger partial charge in [0.25, 0.3) is 5.91 Å². The van der Waals surface area contributed by atoms with Gasteiger partial charge in [0.05, 0.1) is 0 Å². The van der Waals surface area contributed by atoms with Crippen LogP contribution in [-0.2, 0) is 0 Å². The Bertz CT molecular complexity index is 443. The number of thiophene rings is 1. The molecule has 0 bridgehead atoms. The van der Waals surface area contributed by atoms with E-state index in [2.05, 4.69) is 26.4 Å². The summed E-state index contributed by atoms with van der Waals surface area (Å²) in [7, 11) is 0. The zero-order chi connectivity index (χ0) is 13.1. The van der Waals surface area contributed by atoms with Crippen molar-refractivity contribution in [1.82, 2.24) is 5.32 Å². The van der Waals surface area contributed by atoms with Crippen molar-refractivity contribution in [1.29, 1.82) is 0 Å². The van der Waals surface area contributed by atoms with E-state index in [-0.39, 0.29) is 11.7 Å². The Balaban J connectivity index is 2.64. The zero-order valence-corrected chi connectivity index (χ0v) is 11.9. The fraction of sp³-hybridized carbons (Fsp3) is 0.400. The largest absolute Gasteiger partial charge is 0.409 e. The van der Waals surface area contributed by atoms with Crippen molar-refractivity contribution in [2.24, 2.45) is 16.3 Å². The lowest BCUT2D eigenvalue weighted by molar-refractivity contribution is 0.0947. The van der Waals surface area contributed by atoms with Crippen LogP contribution in [0.3, 0.4) is 0 Å². The molecule has 1 aromatic rings. The van der Waals surface area contributed by atoms with E-state index >= 15 is 0 Å². The number of oxime groups is 1. The lowest BCUT2D eigenvalue weighted by atomic mass is 9.92. The Labute approximate surface area is 112 Å². The molecule has 1 rings (SSSR count). The molecule has 5 nitrogen and oxygen atoms in total. The summed E-state index contributed by atoms with van der Waals surface area (Å²) in [6.45, 7) is 3.86. The second-order valence-corrected chi connectivity index (χ2v) is 5.92. The van der Waals surface area contributed by atoms with Gasteiger partial charge in [0, 0.05) is 16.4 Å². The highest BCUT2D eigenvalue weighted by atomic mass is 79.9. The van der Waals surface area contributed by atoms with Gasteiger partial charge in [-0.2, -0.15) is 0 Å². The quantitative estimate of drug-likeness (QED) is 0.343. The van der Waals surface area contributed by atoms with E-state index in [1.807, 2.05) is 11.4 Å². The SMILES string of the molecule is CC(C)(CNC(=O)c1sccc1Br)/C(N)=N/O. The molecule has 0 unspecified atom stereocenters. The van der Waals surface area contributed by atoms with Crippen LogP contribution in [0.4, 0.5) is 0 Å². The fourth-order valence-electron chi connectivity index (χ4n) is 1.06. The molecule has 94 valence electrons. The molecule has 4 N–H and O–H groups in total. The van der Waals surface area contributed by atoms with Crippen LogP contribution in [0, 0.1) is 5.41 Å². The Morgan fingerprint density at radius 2 is 2.35 bits per heavy atom. The minimum atomic E-state index is -0.589. The topological polar surface area (TPSA) is 87.7 Å². The van der Waals surface area contributed by atoms with Gasteiger partial charge in [0.1, 0.15) is 10.7 Å². The number of amidine groups is 1. The molecule has 1 amide bonds. The van der Waals surface area contributed by atoms with Crippen molar-refractivity contribution in [3.8, 4) is 0 Å². The number of carbonyl (C=O) groups excluding carboxylic acids is 1. The van der Waals surface area contributed by atoms with E-state index < -0.39 is 5.41 Å². The normalized spacial score (nSPS) is 12.5. The average Bonchev–Trinajstić information content (AvgIpc) is 2.71. The average molecular weight is 320 g/mol. The van der Waals surface area contributed by atoms with E-state index in [1.165, 1.54) is 11.3 Å². The van der Waals surface area contributed by atoms with Crippen molar-refractivity contribution in [3.63, 3.8) is 0 Å². The Kier molecular flexibility index (Phi) is 4.53. The van der Waals surface area contributed by atoms with Crippen molar-refractivity contribution in [2.75, 3.05) is 6.54 Å². The maximum absolute atomic E-state index is 11.8. The molecule has 0 saturated carbocycles. The summed E-state index contributed by atoms with van der Waals surface area (Å²) in [6, 6.07) is 1.81. The maximum atomic E-state index is 11.8. The number of nitrogens with one attached hydrogen (secondary N) is 1. The molecule has 0 aliphatic rings. The van der Waals surface area contributed by atoms with Gasteiger partial charge in [-0.25, -0.2) is 0 Å². The summed E-state index contributed by atoms with van der Waals surface area (Å²) in [5.74, 6) is -0.0891. The van der Waals surface area contributed by atoms with E-state index in [0.717, 1.165) is 4.47 Å². The zero-order valence-electron chi connectivity index (χ0n) is 9.53. The first kappa shape index (κ1) is 14.0. The molecule has 0 aliphatic heterocycles. The van der Waals surface area contributed by atoms with Crippen LogP contribution in [0.1, 0.15) is 23.5 Å². The lowest BCUT2D eigenvalue weighted by Gasteiger charge is -2.22. The molecule has 1 heterocycles. The van der Waals surface area contributed by atoms with E-state index in [0.29, 0.717) is 11.4 Å². The van der Waals surface area contributed by atoms with Crippen LogP contribution in [0.25, 0.3) is 0 Å². The summed E-state index contributed by atoms with van der Waals surface area (Å²) in [5.41, 5.74) is 4.94. The summed E-state index contributed by atoms with van der Waals surface area (Å²) in [6.07, 6.45) is 0. The van der Waals surface area contributed by atoms with Crippen LogP contribution in [0.15, 0.2) is 21.1 Å². The highest BCUT2D eigenvalue weighted by molar-refractivity contribution is 9.10. The first-order chi connectivity index (χ1) is 7.88. The first-order valence-electron chi connectivity index (χ1n) is 4.87. The molecule has 1 aromatic heterocycles. The number of halogens is 1.